The summed E-state index contributed by atoms with van der Waals surface area (Å²) < 4.78 is 5.94. The van der Waals surface area contributed by atoms with Gasteiger partial charge < -0.3 is 4.12 Å². The molecule has 0 bridgehead atoms. The third kappa shape index (κ3) is 4.30. The standard InChI is InChI=1S/C7H19ClOSi2/c1-6-7(8)11(4,5)9-10(2)3/h7,10H,6H2,1-5H3. The van der Waals surface area contributed by atoms with E-state index in [1.807, 2.05) is 0 Å². The molecule has 0 aliphatic rings. The minimum Gasteiger partial charge on any atom is -0.457 e. The topological polar surface area (TPSA) is 9.23 Å². The average Bonchev–Trinajstić information content (AvgIpc) is 1.83. The Morgan fingerprint density at radius 3 is 2.18 bits per heavy atom. The molecule has 4 heteroatoms. The molecule has 0 fully saturated rings. The van der Waals surface area contributed by atoms with Crippen LogP contribution in [0.2, 0.25) is 26.2 Å². The molecule has 0 saturated carbocycles. The number of alkyl halides is 1. The van der Waals surface area contributed by atoms with Crippen LogP contribution in [0.5, 0.6) is 0 Å². The highest BCUT2D eigenvalue weighted by atomic mass is 35.5. The highest BCUT2D eigenvalue weighted by Crippen LogP contribution is 2.19. The van der Waals surface area contributed by atoms with Crippen molar-refractivity contribution >= 4 is 29.0 Å². The lowest BCUT2D eigenvalue weighted by Crippen LogP contribution is -2.44. The minimum absolute atomic E-state index is 0.275. The Morgan fingerprint density at radius 2 is 1.91 bits per heavy atom. The fraction of sp³-hybridized carbons (Fsp3) is 1.00. The first-order chi connectivity index (χ1) is 4.90. The molecule has 68 valence electrons. The highest BCUT2D eigenvalue weighted by Gasteiger charge is 2.31. The maximum Gasteiger partial charge on any atom is 0.191 e. The molecule has 1 atom stereocenters. The van der Waals surface area contributed by atoms with E-state index < -0.39 is 17.4 Å². The zero-order valence-corrected chi connectivity index (χ0v) is 11.1. The van der Waals surface area contributed by atoms with Crippen LogP contribution in [-0.4, -0.2) is 22.4 Å². The van der Waals surface area contributed by atoms with Gasteiger partial charge in [-0.3, -0.25) is 0 Å². The first kappa shape index (κ1) is 11.7. The average molecular weight is 211 g/mol. The van der Waals surface area contributed by atoms with Gasteiger partial charge in [0.1, 0.15) is 0 Å². The molecule has 0 aliphatic carbocycles. The monoisotopic (exact) mass is 210 g/mol. The number of hydrogen-bond acceptors (Lipinski definition) is 1. The van der Waals surface area contributed by atoms with Crippen molar-refractivity contribution < 1.29 is 4.12 Å². The first-order valence-corrected chi connectivity index (χ1v) is 10.4. The van der Waals surface area contributed by atoms with E-state index in [1.54, 1.807) is 0 Å². The molecule has 1 unspecified atom stereocenters. The molecule has 0 saturated heterocycles. The second-order valence-corrected chi connectivity index (χ2v) is 11.5. The van der Waals surface area contributed by atoms with Gasteiger partial charge in [0, 0.05) is 0 Å². The molecule has 0 radical (unpaired) electrons. The molecular weight excluding hydrogens is 192 g/mol. The molecule has 0 heterocycles. The van der Waals surface area contributed by atoms with E-state index >= 15 is 0 Å². The van der Waals surface area contributed by atoms with E-state index in [9.17, 15) is 0 Å². The quantitative estimate of drug-likeness (QED) is 0.512. The lowest BCUT2D eigenvalue weighted by atomic mass is 10.6. The van der Waals surface area contributed by atoms with Gasteiger partial charge in [0.25, 0.3) is 0 Å². The van der Waals surface area contributed by atoms with E-state index in [0.29, 0.717) is 0 Å². The van der Waals surface area contributed by atoms with Crippen LogP contribution in [0, 0.1) is 0 Å². The SMILES string of the molecule is CCC(Cl)[Si](C)(C)O[SiH](C)C. The van der Waals surface area contributed by atoms with Crippen LogP contribution >= 0.6 is 11.6 Å². The second kappa shape index (κ2) is 4.65. The van der Waals surface area contributed by atoms with Crippen molar-refractivity contribution in [2.45, 2.75) is 44.5 Å². The largest absolute Gasteiger partial charge is 0.457 e. The summed E-state index contributed by atoms with van der Waals surface area (Å²) in [4.78, 5) is 0. The lowest BCUT2D eigenvalue weighted by molar-refractivity contribution is 0.563. The van der Waals surface area contributed by atoms with Crippen molar-refractivity contribution in [3.05, 3.63) is 0 Å². The van der Waals surface area contributed by atoms with Crippen LogP contribution in [0.25, 0.3) is 0 Å². The molecule has 0 aromatic rings. The van der Waals surface area contributed by atoms with E-state index in [2.05, 4.69) is 33.1 Å². The molecule has 1 nitrogen and oxygen atoms in total. The normalized spacial score (nSPS) is 15.5. The van der Waals surface area contributed by atoms with Crippen LogP contribution in [0.15, 0.2) is 0 Å². The molecule has 0 aromatic carbocycles. The lowest BCUT2D eigenvalue weighted by Gasteiger charge is -2.29. The summed E-state index contributed by atoms with van der Waals surface area (Å²) in [6, 6.07) is 0. The molecule has 0 rings (SSSR count). The van der Waals surface area contributed by atoms with Gasteiger partial charge in [-0.05, 0) is 32.6 Å². The molecular formula is C7H19ClOSi2. The predicted octanol–water partition coefficient (Wildman–Crippen LogP) is 2.75. The van der Waals surface area contributed by atoms with Gasteiger partial charge in [-0.1, -0.05) is 6.92 Å². The Morgan fingerprint density at radius 1 is 1.45 bits per heavy atom. The van der Waals surface area contributed by atoms with E-state index in [1.165, 1.54) is 0 Å². The summed E-state index contributed by atoms with van der Waals surface area (Å²) >= 11 is 6.16. The third-order valence-corrected chi connectivity index (χ3v) is 9.77. The van der Waals surface area contributed by atoms with Gasteiger partial charge in [-0.25, -0.2) is 0 Å². The van der Waals surface area contributed by atoms with Crippen molar-refractivity contribution in [1.82, 2.24) is 0 Å². The summed E-state index contributed by atoms with van der Waals surface area (Å²) in [6.45, 7) is 10.9. The fourth-order valence-corrected chi connectivity index (χ4v) is 8.07. The zero-order chi connectivity index (χ0) is 9.07. The smallest absolute Gasteiger partial charge is 0.191 e. The van der Waals surface area contributed by atoms with Crippen molar-refractivity contribution in [3.8, 4) is 0 Å². The Labute approximate surface area is 78.0 Å². The second-order valence-electron chi connectivity index (χ2n) is 3.65. The Bertz CT molecular complexity index is 117. The predicted molar refractivity (Wildman–Crippen MR) is 57.4 cm³/mol. The number of hydrogen-bond donors (Lipinski definition) is 0. The Balaban J connectivity index is 3.98. The first-order valence-electron chi connectivity index (χ1n) is 4.22. The van der Waals surface area contributed by atoms with Crippen LogP contribution in [0.4, 0.5) is 0 Å². The van der Waals surface area contributed by atoms with Crippen LogP contribution < -0.4 is 0 Å². The van der Waals surface area contributed by atoms with Gasteiger partial charge in [0.15, 0.2) is 17.4 Å². The zero-order valence-electron chi connectivity index (χ0n) is 8.15. The maximum atomic E-state index is 6.16. The fourth-order valence-electron chi connectivity index (χ4n) is 1.17. The summed E-state index contributed by atoms with van der Waals surface area (Å²) in [7, 11) is -2.43. The van der Waals surface area contributed by atoms with Gasteiger partial charge in [0.2, 0.25) is 0 Å². The van der Waals surface area contributed by atoms with Crippen molar-refractivity contribution in [2.24, 2.45) is 0 Å². The summed E-state index contributed by atoms with van der Waals surface area (Å²) in [5.41, 5.74) is 0. The third-order valence-electron chi connectivity index (χ3n) is 1.65. The van der Waals surface area contributed by atoms with Gasteiger partial charge >= 0.3 is 0 Å². The van der Waals surface area contributed by atoms with Crippen molar-refractivity contribution in [1.29, 1.82) is 0 Å². The van der Waals surface area contributed by atoms with Crippen LogP contribution in [0.1, 0.15) is 13.3 Å². The number of halogens is 1. The van der Waals surface area contributed by atoms with Crippen LogP contribution in [-0.2, 0) is 4.12 Å². The Hall–Kier alpha value is 0.684. The molecule has 0 aromatic heterocycles. The molecule has 11 heavy (non-hydrogen) atoms. The van der Waals surface area contributed by atoms with Crippen LogP contribution in [0.3, 0.4) is 0 Å². The van der Waals surface area contributed by atoms with Gasteiger partial charge in [-0.15, -0.1) is 11.6 Å². The molecule has 0 N–H and O–H groups in total. The summed E-state index contributed by atoms with van der Waals surface area (Å²) in [5.74, 6) is 0. The van der Waals surface area contributed by atoms with E-state index in [0.717, 1.165) is 6.42 Å². The molecule has 0 aliphatic heterocycles. The minimum atomic E-state index is -1.54. The van der Waals surface area contributed by atoms with Crippen molar-refractivity contribution in [3.63, 3.8) is 0 Å². The molecule has 0 amide bonds. The number of rotatable bonds is 4. The van der Waals surface area contributed by atoms with E-state index in [-0.39, 0.29) is 5.00 Å². The Kier molecular flexibility index (Phi) is 4.94. The van der Waals surface area contributed by atoms with Crippen molar-refractivity contribution in [2.75, 3.05) is 0 Å². The van der Waals surface area contributed by atoms with E-state index in [4.69, 9.17) is 15.7 Å². The summed E-state index contributed by atoms with van der Waals surface area (Å²) in [5, 5.41) is 0.275. The highest BCUT2D eigenvalue weighted by molar-refractivity contribution is 6.84. The maximum absolute atomic E-state index is 6.16. The van der Waals surface area contributed by atoms with Gasteiger partial charge in [-0.2, -0.15) is 0 Å². The molecule has 0 spiro atoms. The summed E-state index contributed by atoms with van der Waals surface area (Å²) in [6.07, 6.45) is 1.03. The van der Waals surface area contributed by atoms with Gasteiger partial charge in [0.05, 0.1) is 5.00 Å².